The number of carbonyl (C=O) groups is 2. The fourth-order valence-electron chi connectivity index (χ4n) is 2.49. The summed E-state index contributed by atoms with van der Waals surface area (Å²) in [7, 11) is 1.66. The number of amides is 1. The van der Waals surface area contributed by atoms with Crippen molar-refractivity contribution in [3.8, 4) is 0 Å². The Kier molecular flexibility index (Phi) is 4.20. The molecule has 1 aromatic carbocycles. The van der Waals surface area contributed by atoms with Gasteiger partial charge in [-0.2, -0.15) is 0 Å². The van der Waals surface area contributed by atoms with Crippen molar-refractivity contribution in [2.45, 2.75) is 26.2 Å². The molecule has 0 fully saturated rings. The molecule has 0 aromatic heterocycles. The molecule has 4 heteroatoms. The zero-order valence-electron chi connectivity index (χ0n) is 11.5. The second-order valence-electron chi connectivity index (χ2n) is 4.91. The maximum absolute atomic E-state index is 11.4. The molecule has 0 aliphatic carbocycles. The molecule has 4 nitrogen and oxygen atoms in total. The molecule has 102 valence electrons. The fourth-order valence-corrected chi connectivity index (χ4v) is 2.49. The van der Waals surface area contributed by atoms with Crippen LogP contribution in [0.2, 0.25) is 0 Å². The molecule has 0 unspecified atom stereocenters. The number of Topliss-reactive ketones (excluding diaryl/α,β-unsaturated/α-hetero) is 1. The molecule has 1 N–H and O–H groups in total. The van der Waals surface area contributed by atoms with E-state index in [4.69, 9.17) is 0 Å². The molecule has 1 aromatic rings. The van der Waals surface area contributed by atoms with Crippen LogP contribution >= 0.6 is 0 Å². The highest BCUT2D eigenvalue weighted by molar-refractivity contribution is 5.94. The minimum absolute atomic E-state index is 0.0625. The molecular weight excluding hydrogens is 240 g/mol. The Morgan fingerprint density at radius 3 is 2.84 bits per heavy atom. The molecule has 0 bridgehead atoms. The van der Waals surface area contributed by atoms with Crippen LogP contribution < -0.4 is 10.2 Å². The van der Waals surface area contributed by atoms with Crippen LogP contribution in [0, 0.1) is 0 Å². The lowest BCUT2D eigenvalue weighted by molar-refractivity contribution is -0.120. The van der Waals surface area contributed by atoms with E-state index in [0.717, 1.165) is 31.5 Å². The second kappa shape index (κ2) is 5.87. The lowest BCUT2D eigenvalue weighted by atomic mass is 9.98. The average Bonchev–Trinajstić information content (AvgIpc) is 2.43. The quantitative estimate of drug-likeness (QED) is 0.839. The van der Waals surface area contributed by atoms with Crippen LogP contribution in [0.3, 0.4) is 0 Å². The zero-order chi connectivity index (χ0) is 13.8. The van der Waals surface area contributed by atoms with E-state index in [1.807, 2.05) is 18.2 Å². The molecule has 1 aliphatic rings. The van der Waals surface area contributed by atoms with Gasteiger partial charge in [0.25, 0.3) is 0 Å². The van der Waals surface area contributed by atoms with E-state index in [-0.39, 0.29) is 11.7 Å². The summed E-state index contributed by atoms with van der Waals surface area (Å²) < 4.78 is 0. The maximum atomic E-state index is 11.4. The summed E-state index contributed by atoms with van der Waals surface area (Å²) in [6.07, 6.45) is 2.58. The first kappa shape index (κ1) is 13.6. The third-order valence-electron chi connectivity index (χ3n) is 3.59. The summed E-state index contributed by atoms with van der Waals surface area (Å²) in [6.45, 7) is 3.30. The van der Waals surface area contributed by atoms with Gasteiger partial charge in [-0.1, -0.05) is 0 Å². The lowest BCUT2D eigenvalue weighted by Gasteiger charge is -2.31. The van der Waals surface area contributed by atoms with Gasteiger partial charge in [0, 0.05) is 37.8 Å². The second-order valence-corrected chi connectivity index (χ2v) is 4.91. The number of rotatable bonds is 4. The summed E-state index contributed by atoms with van der Waals surface area (Å²) in [5.74, 6) is 0.165. The van der Waals surface area contributed by atoms with Gasteiger partial charge in [-0.3, -0.25) is 9.59 Å². The maximum Gasteiger partial charge on any atom is 0.221 e. The summed E-state index contributed by atoms with van der Waals surface area (Å²) in [6, 6.07) is 5.87. The molecule has 1 amide bonds. The van der Waals surface area contributed by atoms with Crippen LogP contribution in [0.15, 0.2) is 18.2 Å². The van der Waals surface area contributed by atoms with Crippen molar-refractivity contribution in [3.05, 3.63) is 29.3 Å². The Balaban J connectivity index is 2.15. The number of hydrogen-bond donors (Lipinski definition) is 1. The largest absolute Gasteiger partial charge is 0.371 e. The van der Waals surface area contributed by atoms with Gasteiger partial charge in [-0.15, -0.1) is 0 Å². The molecule has 0 saturated heterocycles. The highest BCUT2D eigenvalue weighted by Gasteiger charge is 2.18. The summed E-state index contributed by atoms with van der Waals surface area (Å²) in [5.41, 5.74) is 3.16. The van der Waals surface area contributed by atoms with E-state index < -0.39 is 0 Å². The van der Waals surface area contributed by atoms with Gasteiger partial charge < -0.3 is 10.2 Å². The predicted octanol–water partition coefficient (Wildman–Crippen LogP) is 1.78. The van der Waals surface area contributed by atoms with Crippen LogP contribution in [0.4, 0.5) is 5.69 Å². The molecule has 0 radical (unpaired) electrons. The number of benzene rings is 1. The highest BCUT2D eigenvalue weighted by Crippen LogP contribution is 2.28. The average molecular weight is 260 g/mol. The van der Waals surface area contributed by atoms with Crippen molar-refractivity contribution >= 4 is 17.4 Å². The van der Waals surface area contributed by atoms with Gasteiger partial charge in [0.15, 0.2) is 5.78 Å². The molecule has 0 saturated carbocycles. The highest BCUT2D eigenvalue weighted by atomic mass is 16.1. The van der Waals surface area contributed by atoms with Crippen molar-refractivity contribution in [2.75, 3.05) is 25.0 Å². The third-order valence-corrected chi connectivity index (χ3v) is 3.59. The standard InChI is InChI=1S/C15H20N2O2/c1-11(18)12-5-6-14-13(10-12)4-3-8-17(14)9-7-15(19)16-2/h5-6,10H,3-4,7-9H2,1-2H3,(H,16,19). The first-order chi connectivity index (χ1) is 9.11. The molecule has 0 atom stereocenters. The van der Waals surface area contributed by atoms with Crippen LogP contribution in [-0.2, 0) is 11.2 Å². The monoisotopic (exact) mass is 260 g/mol. The van der Waals surface area contributed by atoms with Gasteiger partial charge in [0.05, 0.1) is 0 Å². The lowest BCUT2D eigenvalue weighted by Crippen LogP contribution is -2.33. The van der Waals surface area contributed by atoms with Gasteiger partial charge in [-0.05, 0) is 43.5 Å². The Morgan fingerprint density at radius 1 is 1.37 bits per heavy atom. The Morgan fingerprint density at radius 2 is 2.16 bits per heavy atom. The van der Waals surface area contributed by atoms with Crippen molar-refractivity contribution < 1.29 is 9.59 Å². The van der Waals surface area contributed by atoms with Crippen molar-refractivity contribution in [1.82, 2.24) is 5.32 Å². The first-order valence-corrected chi connectivity index (χ1v) is 6.71. The number of ketones is 1. The molecule has 2 rings (SSSR count). The van der Waals surface area contributed by atoms with Crippen LogP contribution in [0.1, 0.15) is 35.7 Å². The predicted molar refractivity (Wildman–Crippen MR) is 75.7 cm³/mol. The zero-order valence-corrected chi connectivity index (χ0v) is 11.5. The van der Waals surface area contributed by atoms with E-state index in [9.17, 15) is 9.59 Å². The fraction of sp³-hybridized carbons (Fsp3) is 0.467. The van der Waals surface area contributed by atoms with Crippen molar-refractivity contribution in [2.24, 2.45) is 0 Å². The minimum Gasteiger partial charge on any atom is -0.371 e. The van der Waals surface area contributed by atoms with Crippen LogP contribution in [-0.4, -0.2) is 31.8 Å². The number of fused-ring (bicyclic) bond motifs is 1. The normalized spacial score (nSPS) is 13.9. The smallest absolute Gasteiger partial charge is 0.221 e. The number of nitrogens with one attached hydrogen (secondary N) is 1. The number of hydrogen-bond acceptors (Lipinski definition) is 3. The van der Waals surface area contributed by atoms with E-state index >= 15 is 0 Å². The SMILES string of the molecule is CNC(=O)CCN1CCCc2cc(C(C)=O)ccc21. The molecule has 19 heavy (non-hydrogen) atoms. The molecular formula is C15H20N2O2. The Hall–Kier alpha value is -1.84. The van der Waals surface area contributed by atoms with Gasteiger partial charge >= 0.3 is 0 Å². The summed E-state index contributed by atoms with van der Waals surface area (Å²) >= 11 is 0. The van der Waals surface area contributed by atoms with Gasteiger partial charge in [-0.25, -0.2) is 0 Å². The van der Waals surface area contributed by atoms with E-state index in [2.05, 4.69) is 10.2 Å². The minimum atomic E-state index is 0.0625. The molecule has 0 spiro atoms. The number of nitrogens with zero attached hydrogens (tertiary/aromatic N) is 1. The van der Waals surface area contributed by atoms with Crippen LogP contribution in [0.25, 0.3) is 0 Å². The van der Waals surface area contributed by atoms with Crippen LogP contribution in [0.5, 0.6) is 0 Å². The number of anilines is 1. The summed E-state index contributed by atoms with van der Waals surface area (Å²) in [5, 5.41) is 2.64. The molecule has 1 aliphatic heterocycles. The number of aryl methyl sites for hydroxylation is 1. The number of carbonyl (C=O) groups excluding carboxylic acids is 2. The Labute approximate surface area is 113 Å². The molecule has 1 heterocycles. The van der Waals surface area contributed by atoms with Gasteiger partial charge in [0.1, 0.15) is 0 Å². The van der Waals surface area contributed by atoms with E-state index in [1.54, 1.807) is 14.0 Å². The van der Waals surface area contributed by atoms with E-state index in [0.29, 0.717) is 6.42 Å². The van der Waals surface area contributed by atoms with E-state index in [1.165, 1.54) is 11.3 Å². The van der Waals surface area contributed by atoms with Gasteiger partial charge in [0.2, 0.25) is 5.91 Å². The summed E-state index contributed by atoms with van der Waals surface area (Å²) in [4.78, 5) is 25.0. The Bertz CT molecular complexity index is 497. The van der Waals surface area contributed by atoms with Crippen molar-refractivity contribution in [3.63, 3.8) is 0 Å². The van der Waals surface area contributed by atoms with Crippen molar-refractivity contribution in [1.29, 1.82) is 0 Å². The topological polar surface area (TPSA) is 49.4 Å². The third kappa shape index (κ3) is 3.13. The first-order valence-electron chi connectivity index (χ1n) is 6.71.